The Balaban J connectivity index is 1.17. The third-order valence-corrected chi connectivity index (χ3v) is 11.0. The first-order valence-corrected chi connectivity index (χ1v) is 17.6. The van der Waals surface area contributed by atoms with Crippen LogP contribution in [0.15, 0.2) is 192 Å². The van der Waals surface area contributed by atoms with Gasteiger partial charge >= 0.3 is 0 Å². The molecular formula is C49H31NO. The first-order chi connectivity index (χ1) is 25.3. The Morgan fingerprint density at radius 1 is 0.412 bits per heavy atom. The van der Waals surface area contributed by atoms with Crippen molar-refractivity contribution in [1.29, 1.82) is 0 Å². The normalized spacial score (nSPS) is 13.3. The summed E-state index contributed by atoms with van der Waals surface area (Å²) in [5.74, 6) is 1.00. The SMILES string of the molecule is c1ccc(N(c2ccc(-c3ccc4ccccc4c3)cc2)c2cccc3c2-c2c(oc4ccccc24)C32c3ccccc3-c3ccccc32)cc1. The van der Waals surface area contributed by atoms with Gasteiger partial charge in [0.05, 0.1) is 5.69 Å². The van der Waals surface area contributed by atoms with Crippen molar-refractivity contribution in [2.75, 3.05) is 4.90 Å². The second kappa shape index (κ2) is 10.7. The van der Waals surface area contributed by atoms with E-state index in [1.165, 1.54) is 60.8 Å². The molecule has 0 atom stereocenters. The van der Waals surface area contributed by atoms with Crippen molar-refractivity contribution >= 4 is 38.8 Å². The van der Waals surface area contributed by atoms with Gasteiger partial charge < -0.3 is 9.32 Å². The molecule has 9 aromatic rings. The van der Waals surface area contributed by atoms with Crippen LogP contribution in [0.25, 0.3) is 55.1 Å². The molecule has 0 fully saturated rings. The number of anilines is 3. The van der Waals surface area contributed by atoms with E-state index in [9.17, 15) is 0 Å². The van der Waals surface area contributed by atoms with Gasteiger partial charge in [-0.1, -0.05) is 146 Å². The molecule has 2 heteroatoms. The minimum absolute atomic E-state index is 0.574. The van der Waals surface area contributed by atoms with Crippen molar-refractivity contribution < 1.29 is 4.42 Å². The second-order valence-corrected chi connectivity index (χ2v) is 13.6. The van der Waals surface area contributed by atoms with Crippen molar-refractivity contribution in [2.24, 2.45) is 0 Å². The Hall–Kier alpha value is -6.64. The third-order valence-electron chi connectivity index (χ3n) is 11.0. The quantitative estimate of drug-likeness (QED) is 0.189. The van der Waals surface area contributed by atoms with Crippen LogP contribution in [0, 0.1) is 0 Å². The van der Waals surface area contributed by atoms with Crippen LogP contribution in [0.3, 0.4) is 0 Å². The second-order valence-electron chi connectivity index (χ2n) is 13.6. The minimum atomic E-state index is -0.574. The maximum absolute atomic E-state index is 7.07. The van der Waals surface area contributed by atoms with Crippen molar-refractivity contribution in [3.8, 4) is 33.4 Å². The summed E-state index contributed by atoms with van der Waals surface area (Å²) in [6.07, 6.45) is 0. The fourth-order valence-corrected chi connectivity index (χ4v) is 8.93. The van der Waals surface area contributed by atoms with Gasteiger partial charge in [-0.15, -0.1) is 0 Å². The summed E-state index contributed by atoms with van der Waals surface area (Å²) in [6, 6.07) is 68.2. The fourth-order valence-electron chi connectivity index (χ4n) is 8.93. The highest BCUT2D eigenvalue weighted by atomic mass is 16.3. The zero-order chi connectivity index (χ0) is 33.5. The van der Waals surface area contributed by atoms with E-state index in [1.807, 2.05) is 0 Å². The third kappa shape index (κ3) is 3.87. The lowest BCUT2D eigenvalue weighted by Gasteiger charge is -2.31. The molecule has 0 saturated carbocycles. The lowest BCUT2D eigenvalue weighted by atomic mass is 9.73. The Morgan fingerprint density at radius 2 is 1.02 bits per heavy atom. The van der Waals surface area contributed by atoms with Crippen LogP contribution < -0.4 is 4.90 Å². The van der Waals surface area contributed by atoms with E-state index in [1.54, 1.807) is 0 Å². The summed E-state index contributed by atoms with van der Waals surface area (Å²) in [4.78, 5) is 2.42. The average molecular weight is 650 g/mol. The van der Waals surface area contributed by atoms with Crippen molar-refractivity contribution in [3.63, 3.8) is 0 Å². The molecule has 0 saturated heterocycles. The monoisotopic (exact) mass is 649 g/mol. The van der Waals surface area contributed by atoms with Crippen molar-refractivity contribution in [3.05, 3.63) is 211 Å². The zero-order valence-electron chi connectivity index (χ0n) is 27.8. The molecule has 238 valence electrons. The number of fused-ring (bicyclic) bond motifs is 13. The molecule has 0 amide bonds. The molecule has 51 heavy (non-hydrogen) atoms. The maximum Gasteiger partial charge on any atom is 0.135 e. The van der Waals surface area contributed by atoms with Crippen LogP contribution in [0.2, 0.25) is 0 Å². The van der Waals surface area contributed by atoms with Gasteiger partial charge in [-0.05, 0) is 92.2 Å². The highest BCUT2D eigenvalue weighted by molar-refractivity contribution is 6.09. The average Bonchev–Trinajstić information content (AvgIpc) is 3.82. The highest BCUT2D eigenvalue weighted by Gasteiger charge is 2.55. The van der Waals surface area contributed by atoms with E-state index in [4.69, 9.17) is 4.42 Å². The molecule has 1 spiro atoms. The molecule has 11 rings (SSSR count). The van der Waals surface area contributed by atoms with E-state index < -0.39 is 5.41 Å². The van der Waals surface area contributed by atoms with Crippen LogP contribution in [0.4, 0.5) is 17.1 Å². The smallest absolute Gasteiger partial charge is 0.135 e. The first-order valence-electron chi connectivity index (χ1n) is 17.6. The molecule has 0 radical (unpaired) electrons. The summed E-state index contributed by atoms with van der Waals surface area (Å²) in [7, 11) is 0. The first kappa shape index (κ1) is 28.2. The summed E-state index contributed by atoms with van der Waals surface area (Å²) >= 11 is 0. The van der Waals surface area contributed by atoms with E-state index >= 15 is 0 Å². The largest absolute Gasteiger partial charge is 0.459 e. The molecule has 0 unspecified atom stereocenters. The van der Waals surface area contributed by atoms with Gasteiger partial charge in [-0.25, -0.2) is 0 Å². The number of hydrogen-bond donors (Lipinski definition) is 0. The number of furan rings is 1. The van der Waals surface area contributed by atoms with E-state index in [0.717, 1.165) is 33.8 Å². The Bertz CT molecular complexity index is 2760. The lowest BCUT2D eigenvalue weighted by molar-refractivity contribution is 0.507. The molecule has 2 aliphatic rings. The van der Waals surface area contributed by atoms with Gasteiger partial charge in [-0.2, -0.15) is 0 Å². The molecular weight excluding hydrogens is 619 g/mol. The van der Waals surface area contributed by atoms with Crippen LogP contribution in [-0.2, 0) is 5.41 Å². The van der Waals surface area contributed by atoms with Crippen LogP contribution in [0.1, 0.15) is 22.5 Å². The highest BCUT2D eigenvalue weighted by Crippen LogP contribution is 2.66. The summed E-state index contributed by atoms with van der Waals surface area (Å²) < 4.78 is 7.07. The molecule has 1 aromatic heterocycles. The number of para-hydroxylation sites is 2. The van der Waals surface area contributed by atoms with Gasteiger partial charge in [0, 0.05) is 27.9 Å². The Morgan fingerprint density at radius 3 is 1.80 bits per heavy atom. The molecule has 0 aliphatic heterocycles. The molecule has 0 N–H and O–H groups in total. The van der Waals surface area contributed by atoms with Gasteiger partial charge in [0.1, 0.15) is 16.8 Å². The zero-order valence-corrected chi connectivity index (χ0v) is 27.8. The van der Waals surface area contributed by atoms with Gasteiger partial charge in [0.25, 0.3) is 0 Å². The lowest BCUT2D eigenvalue weighted by Crippen LogP contribution is -2.25. The standard InChI is InChI=1S/C49H31NO/c1-2-15-36(16-3-1)50(37-29-27-33(28-30-37)35-26-25-32-13-4-5-14-34(32)31-35)44-23-12-22-43-47(44)46-40-19-8-11-24-45(40)51-48(46)49(43)41-20-9-6-17-38(41)39-18-7-10-21-42(39)49/h1-31H. The predicted octanol–water partition coefficient (Wildman–Crippen LogP) is 13.1. The van der Waals surface area contributed by atoms with E-state index in [0.29, 0.717) is 0 Å². The Labute approximate surface area is 296 Å². The molecule has 0 bridgehead atoms. The Kier molecular flexibility index (Phi) is 5.91. The predicted molar refractivity (Wildman–Crippen MR) is 210 cm³/mol. The van der Waals surface area contributed by atoms with Crippen LogP contribution in [0.5, 0.6) is 0 Å². The molecule has 8 aromatic carbocycles. The molecule has 2 aliphatic carbocycles. The van der Waals surface area contributed by atoms with Gasteiger partial charge in [0.2, 0.25) is 0 Å². The minimum Gasteiger partial charge on any atom is -0.459 e. The van der Waals surface area contributed by atoms with Crippen molar-refractivity contribution in [2.45, 2.75) is 5.41 Å². The summed E-state index contributed by atoms with van der Waals surface area (Å²) in [5.41, 5.74) is 14.8. The van der Waals surface area contributed by atoms with Crippen molar-refractivity contribution in [1.82, 2.24) is 0 Å². The fraction of sp³-hybridized carbons (Fsp3) is 0.0204. The van der Waals surface area contributed by atoms with Crippen LogP contribution in [-0.4, -0.2) is 0 Å². The van der Waals surface area contributed by atoms with E-state index in [2.05, 4.69) is 193 Å². The van der Waals surface area contributed by atoms with E-state index in [-0.39, 0.29) is 0 Å². The summed E-state index contributed by atoms with van der Waals surface area (Å²) in [5, 5.41) is 3.64. The van der Waals surface area contributed by atoms with Gasteiger partial charge in [0.15, 0.2) is 0 Å². The summed E-state index contributed by atoms with van der Waals surface area (Å²) in [6.45, 7) is 0. The maximum atomic E-state index is 7.07. The van der Waals surface area contributed by atoms with Crippen LogP contribution >= 0.6 is 0 Å². The molecule has 1 heterocycles. The number of benzene rings is 8. The number of hydrogen-bond acceptors (Lipinski definition) is 2. The molecule has 2 nitrogen and oxygen atoms in total. The topological polar surface area (TPSA) is 16.4 Å². The number of rotatable bonds is 4. The van der Waals surface area contributed by atoms with Gasteiger partial charge in [-0.3, -0.25) is 0 Å². The number of nitrogens with zero attached hydrogens (tertiary/aromatic N) is 1.